The van der Waals surface area contributed by atoms with Crippen LogP contribution in [0.1, 0.15) is 45.3 Å². The first-order valence-corrected chi connectivity index (χ1v) is 8.24. The molecule has 0 bridgehead atoms. The number of hydrogen-bond acceptors (Lipinski definition) is 2. The van der Waals surface area contributed by atoms with Gasteiger partial charge < -0.3 is 4.90 Å². The molecular weight excluding hydrogens is 284 g/mol. The minimum Gasteiger partial charge on any atom is -0.318 e. The number of carbonyl (C=O) groups excluding carboxylic acids is 1. The molecule has 2 aliphatic rings. The zero-order chi connectivity index (χ0) is 15.1. The second-order valence-corrected chi connectivity index (χ2v) is 6.95. The molecule has 2 fully saturated rings. The van der Waals surface area contributed by atoms with Gasteiger partial charge in [0.1, 0.15) is 6.17 Å². The van der Waals surface area contributed by atoms with E-state index in [0.717, 1.165) is 23.4 Å². The Balaban J connectivity index is 1.91. The second kappa shape index (κ2) is 5.62. The molecule has 1 N–H and O–H groups in total. The first kappa shape index (κ1) is 14.9. The molecule has 1 heterocycles. The van der Waals surface area contributed by atoms with E-state index in [0.29, 0.717) is 17.9 Å². The quantitative estimate of drug-likeness (QED) is 0.922. The number of hydrogen-bond donors (Lipinski definition) is 1. The number of nitrogens with one attached hydrogen (secondary N) is 1. The van der Waals surface area contributed by atoms with Crippen molar-refractivity contribution in [2.24, 2.45) is 11.8 Å². The van der Waals surface area contributed by atoms with Gasteiger partial charge >= 0.3 is 0 Å². The molecule has 114 valence electrons. The molecule has 4 heteroatoms. The Morgan fingerprint density at radius 2 is 2.19 bits per heavy atom. The van der Waals surface area contributed by atoms with Crippen LogP contribution in [0.4, 0.5) is 0 Å². The fraction of sp³-hybridized carbons (Fsp3) is 0.588. The lowest BCUT2D eigenvalue weighted by Gasteiger charge is -2.25. The van der Waals surface area contributed by atoms with Crippen LogP contribution in [0, 0.1) is 11.8 Å². The monoisotopic (exact) mass is 306 g/mol. The van der Waals surface area contributed by atoms with Crippen molar-refractivity contribution in [2.45, 2.75) is 51.9 Å². The largest absolute Gasteiger partial charge is 0.318 e. The first-order chi connectivity index (χ1) is 10.0. The molecule has 3 rings (SSSR count). The Kier molecular flexibility index (Phi) is 3.98. The number of rotatable bonds is 4. The van der Waals surface area contributed by atoms with Crippen LogP contribution < -0.4 is 5.32 Å². The zero-order valence-electron chi connectivity index (χ0n) is 12.8. The Bertz CT molecular complexity index is 547. The van der Waals surface area contributed by atoms with E-state index < -0.39 is 0 Å². The van der Waals surface area contributed by atoms with E-state index in [1.54, 1.807) is 0 Å². The van der Waals surface area contributed by atoms with Gasteiger partial charge in [0.25, 0.3) is 0 Å². The van der Waals surface area contributed by atoms with E-state index in [1.807, 2.05) is 18.2 Å². The Labute approximate surface area is 131 Å². The highest BCUT2D eigenvalue weighted by molar-refractivity contribution is 6.30. The van der Waals surface area contributed by atoms with E-state index in [1.165, 1.54) is 0 Å². The van der Waals surface area contributed by atoms with Crippen LogP contribution in [0.15, 0.2) is 24.3 Å². The van der Waals surface area contributed by atoms with Gasteiger partial charge in [0.15, 0.2) is 0 Å². The van der Waals surface area contributed by atoms with Crippen molar-refractivity contribution < 1.29 is 4.79 Å². The maximum absolute atomic E-state index is 12.8. The van der Waals surface area contributed by atoms with Crippen LogP contribution in [0.25, 0.3) is 0 Å². The molecular formula is C17H23ClN2O. The summed E-state index contributed by atoms with van der Waals surface area (Å²) < 4.78 is 0. The van der Waals surface area contributed by atoms with Gasteiger partial charge in [-0.05, 0) is 36.0 Å². The van der Waals surface area contributed by atoms with Crippen molar-refractivity contribution in [3.63, 3.8) is 0 Å². The van der Waals surface area contributed by atoms with Gasteiger partial charge in [-0.3, -0.25) is 10.1 Å². The van der Waals surface area contributed by atoms with Gasteiger partial charge in [-0.1, -0.05) is 50.9 Å². The molecule has 0 spiro atoms. The van der Waals surface area contributed by atoms with Crippen molar-refractivity contribution >= 4 is 17.5 Å². The van der Waals surface area contributed by atoms with Crippen LogP contribution in [-0.2, 0) is 4.79 Å². The minimum atomic E-state index is -0.0771. The molecule has 1 aliphatic carbocycles. The predicted molar refractivity (Wildman–Crippen MR) is 85.0 cm³/mol. The van der Waals surface area contributed by atoms with Gasteiger partial charge in [-0.15, -0.1) is 0 Å². The number of benzene rings is 1. The molecule has 5 atom stereocenters. The molecule has 1 amide bonds. The van der Waals surface area contributed by atoms with Crippen molar-refractivity contribution in [3.05, 3.63) is 34.9 Å². The summed E-state index contributed by atoms with van der Waals surface area (Å²) in [6.45, 7) is 6.49. The normalized spacial score (nSPS) is 33.3. The molecule has 21 heavy (non-hydrogen) atoms. The molecule has 0 aromatic heterocycles. The first-order valence-electron chi connectivity index (χ1n) is 7.86. The summed E-state index contributed by atoms with van der Waals surface area (Å²) in [5, 5.41) is 4.26. The van der Waals surface area contributed by atoms with E-state index in [9.17, 15) is 4.79 Å². The van der Waals surface area contributed by atoms with E-state index >= 15 is 0 Å². The molecule has 3 nitrogen and oxygen atoms in total. The third-order valence-electron chi connectivity index (χ3n) is 4.94. The van der Waals surface area contributed by atoms with Crippen molar-refractivity contribution in [3.8, 4) is 0 Å². The number of amides is 1. The molecule has 1 aromatic carbocycles. The van der Waals surface area contributed by atoms with Gasteiger partial charge in [-0.25, -0.2) is 0 Å². The van der Waals surface area contributed by atoms with Crippen LogP contribution >= 0.6 is 11.6 Å². The van der Waals surface area contributed by atoms with Gasteiger partial charge in [0.05, 0.1) is 6.04 Å². The molecule has 5 unspecified atom stereocenters. The summed E-state index contributed by atoms with van der Waals surface area (Å²) in [6.07, 6.45) is 2.07. The zero-order valence-corrected chi connectivity index (χ0v) is 13.6. The Morgan fingerprint density at radius 1 is 1.48 bits per heavy atom. The lowest BCUT2D eigenvalue weighted by molar-refractivity contribution is -0.131. The smallest absolute Gasteiger partial charge is 0.241 e. The number of carbonyl (C=O) groups is 1. The summed E-state index contributed by atoms with van der Waals surface area (Å²) >= 11 is 6.13. The van der Waals surface area contributed by atoms with Crippen molar-refractivity contribution in [1.29, 1.82) is 0 Å². The lowest BCUT2D eigenvalue weighted by atomic mass is 9.99. The molecule has 1 aromatic rings. The second-order valence-electron chi connectivity index (χ2n) is 6.51. The maximum atomic E-state index is 12.8. The molecule has 1 saturated carbocycles. The highest BCUT2D eigenvalue weighted by Gasteiger charge is 2.51. The van der Waals surface area contributed by atoms with Gasteiger partial charge in [0.2, 0.25) is 5.91 Å². The average molecular weight is 307 g/mol. The fourth-order valence-corrected chi connectivity index (χ4v) is 3.43. The fourth-order valence-electron chi connectivity index (χ4n) is 3.23. The average Bonchev–Trinajstić information content (AvgIpc) is 3.07. The van der Waals surface area contributed by atoms with Crippen LogP contribution in [0.2, 0.25) is 5.02 Å². The van der Waals surface area contributed by atoms with Crippen molar-refractivity contribution in [1.82, 2.24) is 10.2 Å². The van der Waals surface area contributed by atoms with E-state index in [4.69, 9.17) is 11.6 Å². The van der Waals surface area contributed by atoms with Crippen LogP contribution in [0.3, 0.4) is 0 Å². The van der Waals surface area contributed by atoms with Gasteiger partial charge in [0, 0.05) is 11.1 Å². The standard InChI is InChI=1S/C17H23ClN2O/c1-4-10(2)15-17(21)20(14-8-11(14)3)16(19-15)12-6-5-7-13(18)9-12/h5-7,9-11,14-16,19H,4,8H2,1-3H3. The summed E-state index contributed by atoms with van der Waals surface area (Å²) in [5.74, 6) is 1.20. The van der Waals surface area contributed by atoms with E-state index in [-0.39, 0.29) is 18.1 Å². The minimum absolute atomic E-state index is 0.0369. The highest BCUT2D eigenvalue weighted by Crippen LogP contribution is 2.43. The summed E-state index contributed by atoms with van der Waals surface area (Å²) in [7, 11) is 0. The summed E-state index contributed by atoms with van der Waals surface area (Å²) in [4.78, 5) is 14.9. The lowest BCUT2D eigenvalue weighted by Crippen LogP contribution is -2.36. The topological polar surface area (TPSA) is 32.3 Å². The third kappa shape index (κ3) is 2.69. The summed E-state index contributed by atoms with van der Waals surface area (Å²) in [5.41, 5.74) is 1.08. The maximum Gasteiger partial charge on any atom is 0.241 e. The third-order valence-corrected chi connectivity index (χ3v) is 5.17. The van der Waals surface area contributed by atoms with Crippen LogP contribution in [0.5, 0.6) is 0 Å². The predicted octanol–water partition coefficient (Wildman–Crippen LogP) is 3.59. The number of nitrogens with zero attached hydrogens (tertiary/aromatic N) is 1. The Morgan fingerprint density at radius 3 is 2.76 bits per heavy atom. The summed E-state index contributed by atoms with van der Waals surface area (Å²) in [6, 6.07) is 8.14. The molecule has 1 aliphatic heterocycles. The Hall–Kier alpha value is -1.06. The number of halogens is 1. The van der Waals surface area contributed by atoms with Crippen LogP contribution in [-0.4, -0.2) is 22.9 Å². The molecule has 1 saturated heterocycles. The highest BCUT2D eigenvalue weighted by atomic mass is 35.5. The SMILES string of the molecule is CCC(C)C1NC(c2cccc(Cl)c2)N(C2CC2C)C1=O. The molecule has 0 radical (unpaired) electrons. The van der Waals surface area contributed by atoms with Crippen molar-refractivity contribution in [2.75, 3.05) is 0 Å². The van der Waals surface area contributed by atoms with Gasteiger partial charge in [-0.2, -0.15) is 0 Å². The van der Waals surface area contributed by atoms with E-state index in [2.05, 4.69) is 37.1 Å².